The third-order valence-electron chi connectivity index (χ3n) is 7.77. The topological polar surface area (TPSA) is 105 Å². The Hall–Kier alpha value is -2.10. The number of rotatable bonds is 8. The smallest absolute Gasteiger partial charge is 0.254 e. The van der Waals surface area contributed by atoms with Crippen LogP contribution in [0.2, 0.25) is 0 Å². The maximum atomic E-state index is 13.4. The van der Waals surface area contributed by atoms with Crippen LogP contribution in [0.4, 0.5) is 5.00 Å². The molecule has 1 aromatic carbocycles. The monoisotopic (exact) mass is 548 g/mol. The van der Waals surface area contributed by atoms with Gasteiger partial charge in [0, 0.05) is 17.5 Å². The number of benzene rings is 1. The summed E-state index contributed by atoms with van der Waals surface area (Å²) in [4.78, 5) is 14.6. The first-order chi connectivity index (χ1) is 17.3. The van der Waals surface area contributed by atoms with Crippen molar-refractivity contribution in [3.05, 3.63) is 45.3 Å². The van der Waals surface area contributed by atoms with Crippen molar-refractivity contribution in [1.82, 2.24) is 5.32 Å². The van der Waals surface area contributed by atoms with E-state index in [9.17, 15) is 18.3 Å². The SMILES string of the molecule is Cc1cccc(OCC(O)CNc2sc3c(c2C(=O)NC2CCS(=O)(=O)C2)CCC(C(C)(C)C)C3)c1C. The summed E-state index contributed by atoms with van der Waals surface area (Å²) in [7, 11) is -3.09. The van der Waals surface area contributed by atoms with Crippen molar-refractivity contribution in [3.8, 4) is 5.75 Å². The quantitative estimate of drug-likeness (QED) is 0.455. The second-order valence-electron chi connectivity index (χ2n) is 11.6. The summed E-state index contributed by atoms with van der Waals surface area (Å²) in [5.41, 5.74) is 4.03. The van der Waals surface area contributed by atoms with Crippen LogP contribution in [0.1, 0.15) is 65.5 Å². The van der Waals surface area contributed by atoms with E-state index in [1.165, 1.54) is 4.88 Å². The van der Waals surface area contributed by atoms with E-state index in [2.05, 4.69) is 31.4 Å². The fraction of sp³-hybridized carbons (Fsp3) is 0.607. The first kappa shape index (κ1) is 27.9. The van der Waals surface area contributed by atoms with Crippen LogP contribution in [0, 0.1) is 25.2 Å². The molecule has 1 aromatic heterocycles. The highest BCUT2D eigenvalue weighted by Gasteiger charge is 2.35. The number of carbonyl (C=O) groups excluding carboxylic acids is 1. The number of sulfone groups is 1. The van der Waals surface area contributed by atoms with Crippen molar-refractivity contribution in [1.29, 1.82) is 0 Å². The Kier molecular flexibility index (Phi) is 8.26. The highest BCUT2D eigenvalue weighted by Crippen LogP contribution is 2.44. The lowest BCUT2D eigenvalue weighted by Gasteiger charge is -2.33. The second-order valence-corrected chi connectivity index (χ2v) is 15.0. The van der Waals surface area contributed by atoms with Gasteiger partial charge in [0.25, 0.3) is 5.91 Å². The summed E-state index contributed by atoms with van der Waals surface area (Å²) in [6.45, 7) is 11.2. The Morgan fingerprint density at radius 2 is 2.00 bits per heavy atom. The third kappa shape index (κ3) is 6.67. The van der Waals surface area contributed by atoms with Crippen LogP contribution in [0.3, 0.4) is 0 Å². The van der Waals surface area contributed by atoms with E-state index < -0.39 is 15.9 Å². The predicted molar refractivity (Wildman–Crippen MR) is 150 cm³/mol. The molecule has 3 N–H and O–H groups in total. The van der Waals surface area contributed by atoms with Gasteiger partial charge < -0.3 is 20.5 Å². The fourth-order valence-corrected chi connectivity index (χ4v) is 8.20. The molecule has 1 fully saturated rings. The highest BCUT2D eigenvalue weighted by molar-refractivity contribution is 7.91. The van der Waals surface area contributed by atoms with E-state index in [0.29, 0.717) is 17.9 Å². The lowest BCUT2D eigenvalue weighted by atomic mass is 9.72. The van der Waals surface area contributed by atoms with Crippen molar-refractivity contribution in [2.24, 2.45) is 11.3 Å². The molecule has 2 aliphatic rings. The summed E-state index contributed by atoms with van der Waals surface area (Å²) in [5, 5.41) is 17.7. The van der Waals surface area contributed by atoms with E-state index in [-0.39, 0.29) is 42.0 Å². The lowest BCUT2D eigenvalue weighted by molar-refractivity contribution is 0.0940. The molecule has 2 heterocycles. The molecule has 9 heteroatoms. The molecule has 1 aliphatic carbocycles. The van der Waals surface area contributed by atoms with Crippen molar-refractivity contribution in [2.75, 3.05) is 30.0 Å². The highest BCUT2D eigenvalue weighted by atomic mass is 32.2. The number of amides is 1. The third-order valence-corrected chi connectivity index (χ3v) is 10.7. The molecule has 7 nitrogen and oxygen atoms in total. The number of carbonyl (C=O) groups is 1. The average Bonchev–Trinajstić information content (AvgIpc) is 3.36. The number of aryl methyl sites for hydroxylation is 1. The van der Waals surface area contributed by atoms with Crippen molar-refractivity contribution < 1.29 is 23.1 Å². The van der Waals surface area contributed by atoms with Gasteiger partial charge in [-0.1, -0.05) is 32.9 Å². The molecule has 0 bridgehead atoms. The average molecular weight is 549 g/mol. The lowest BCUT2D eigenvalue weighted by Crippen LogP contribution is -2.36. The number of aliphatic hydroxyl groups is 1. The van der Waals surface area contributed by atoms with E-state index in [1.807, 2.05) is 32.0 Å². The molecule has 1 aliphatic heterocycles. The normalized spacial score (nSPS) is 21.8. The molecule has 0 saturated carbocycles. The predicted octanol–water partition coefficient (Wildman–Crippen LogP) is 4.28. The largest absolute Gasteiger partial charge is 0.491 e. The molecule has 204 valence electrons. The Morgan fingerprint density at radius 3 is 2.68 bits per heavy atom. The second kappa shape index (κ2) is 10.9. The number of hydrogen-bond donors (Lipinski definition) is 3. The summed E-state index contributed by atoms with van der Waals surface area (Å²) < 4.78 is 29.7. The van der Waals surface area contributed by atoms with E-state index >= 15 is 0 Å². The number of ether oxygens (including phenoxy) is 1. The number of thiophene rings is 1. The molecule has 4 rings (SSSR count). The van der Waals surface area contributed by atoms with E-state index in [4.69, 9.17) is 4.74 Å². The van der Waals surface area contributed by atoms with Crippen molar-refractivity contribution in [3.63, 3.8) is 0 Å². The minimum atomic E-state index is -3.09. The van der Waals surface area contributed by atoms with Gasteiger partial charge in [0.05, 0.1) is 17.1 Å². The zero-order chi connectivity index (χ0) is 27.0. The van der Waals surface area contributed by atoms with Crippen LogP contribution in [-0.4, -0.2) is 56.2 Å². The molecule has 3 unspecified atom stereocenters. The van der Waals surface area contributed by atoms with Crippen LogP contribution in [0.15, 0.2) is 18.2 Å². The zero-order valence-corrected chi connectivity index (χ0v) is 24.2. The van der Waals surface area contributed by atoms with Crippen LogP contribution in [-0.2, 0) is 22.7 Å². The van der Waals surface area contributed by atoms with Gasteiger partial charge in [0.1, 0.15) is 23.5 Å². The Bertz CT molecular complexity index is 1250. The molecule has 1 amide bonds. The van der Waals surface area contributed by atoms with Crippen molar-refractivity contribution in [2.45, 2.75) is 72.4 Å². The van der Waals surface area contributed by atoms with Crippen LogP contribution in [0.25, 0.3) is 0 Å². The number of nitrogens with one attached hydrogen (secondary N) is 2. The van der Waals surface area contributed by atoms with Crippen molar-refractivity contribution >= 4 is 32.1 Å². The molecular formula is C28H40N2O5S2. The van der Waals surface area contributed by atoms with E-state index in [0.717, 1.165) is 46.7 Å². The van der Waals surface area contributed by atoms with Crippen LogP contribution < -0.4 is 15.4 Å². The Labute approximate surface area is 224 Å². The minimum absolute atomic E-state index is 0.00560. The number of aliphatic hydroxyl groups excluding tert-OH is 1. The van der Waals surface area contributed by atoms with Gasteiger partial charge in [0.15, 0.2) is 9.84 Å². The molecule has 2 aromatic rings. The van der Waals surface area contributed by atoms with Gasteiger partial charge in [-0.2, -0.15) is 0 Å². The summed E-state index contributed by atoms with van der Waals surface area (Å²) in [5.74, 6) is 1.17. The van der Waals surface area contributed by atoms with Gasteiger partial charge in [0.2, 0.25) is 0 Å². The number of anilines is 1. The molecule has 0 spiro atoms. The first-order valence-corrected chi connectivity index (χ1v) is 15.7. The molecule has 0 radical (unpaired) electrons. The number of fused-ring (bicyclic) bond motifs is 1. The summed E-state index contributed by atoms with van der Waals surface area (Å²) >= 11 is 1.59. The molecular weight excluding hydrogens is 508 g/mol. The molecule has 3 atom stereocenters. The van der Waals surface area contributed by atoms with Gasteiger partial charge in [-0.15, -0.1) is 11.3 Å². The first-order valence-electron chi connectivity index (χ1n) is 13.1. The fourth-order valence-electron chi connectivity index (χ4n) is 5.19. The van der Waals surface area contributed by atoms with E-state index in [1.54, 1.807) is 11.3 Å². The minimum Gasteiger partial charge on any atom is -0.491 e. The maximum absolute atomic E-state index is 13.4. The number of hydrogen-bond acceptors (Lipinski definition) is 7. The standard InChI is InChI=1S/C28H40N2O5S2/c1-17-7-6-8-23(18(17)2)35-15-21(31)14-29-27-25(26(32)30-20-11-12-37(33,34)16-20)22-10-9-19(28(3,4)5)13-24(22)36-27/h6-8,19-21,29,31H,9-16H2,1-5H3,(H,30,32). The van der Waals surface area contributed by atoms with Gasteiger partial charge in [-0.3, -0.25) is 4.79 Å². The van der Waals surface area contributed by atoms with Crippen LogP contribution in [0.5, 0.6) is 5.75 Å². The van der Waals surface area contributed by atoms with Gasteiger partial charge in [-0.05, 0) is 73.6 Å². The maximum Gasteiger partial charge on any atom is 0.254 e. The van der Waals surface area contributed by atoms with Gasteiger partial charge in [-0.25, -0.2) is 8.42 Å². The van der Waals surface area contributed by atoms with Crippen LogP contribution >= 0.6 is 11.3 Å². The Morgan fingerprint density at radius 1 is 1.24 bits per heavy atom. The zero-order valence-electron chi connectivity index (χ0n) is 22.5. The Balaban J connectivity index is 1.48. The molecule has 37 heavy (non-hydrogen) atoms. The summed E-state index contributed by atoms with van der Waals surface area (Å²) in [6, 6.07) is 5.50. The summed E-state index contributed by atoms with van der Waals surface area (Å²) in [6.07, 6.45) is 2.43. The molecule has 1 saturated heterocycles. The van der Waals surface area contributed by atoms with Gasteiger partial charge >= 0.3 is 0 Å².